The van der Waals surface area contributed by atoms with Gasteiger partial charge in [-0.1, -0.05) is 30.3 Å². The molecule has 25 heavy (non-hydrogen) atoms. The van der Waals surface area contributed by atoms with Crippen molar-refractivity contribution in [2.45, 2.75) is 13.0 Å². The first kappa shape index (κ1) is 16.5. The second-order valence-corrected chi connectivity index (χ2v) is 5.23. The molecular formula is C18H17N3O4. The average molecular weight is 339 g/mol. The first-order valence-electron chi connectivity index (χ1n) is 7.81. The number of rotatable bonds is 6. The predicted octanol–water partition coefficient (Wildman–Crippen LogP) is 3.08. The summed E-state index contributed by atoms with van der Waals surface area (Å²) >= 11 is 0. The number of para-hydroxylation sites is 3. The predicted molar refractivity (Wildman–Crippen MR) is 91.9 cm³/mol. The lowest BCUT2D eigenvalue weighted by atomic mass is 10.3. The summed E-state index contributed by atoms with van der Waals surface area (Å²) in [7, 11) is 0. The van der Waals surface area contributed by atoms with Crippen LogP contribution >= 0.6 is 0 Å². The summed E-state index contributed by atoms with van der Waals surface area (Å²) in [5.74, 6) is -0.105. The molecule has 3 rings (SSSR count). The SMILES string of the molecule is O=C(NCCC(=O)OCc1nc2ccccc2o1)Nc1ccccc1. The van der Waals surface area contributed by atoms with Crippen LogP contribution in [0.3, 0.4) is 0 Å². The quantitative estimate of drug-likeness (QED) is 0.673. The van der Waals surface area contributed by atoms with Crippen LogP contribution in [0.25, 0.3) is 11.1 Å². The van der Waals surface area contributed by atoms with Crippen LogP contribution in [0, 0.1) is 0 Å². The minimum absolute atomic E-state index is 0.0380. The van der Waals surface area contributed by atoms with Gasteiger partial charge in [-0.25, -0.2) is 9.78 Å². The lowest BCUT2D eigenvalue weighted by molar-refractivity contribution is -0.145. The molecule has 2 aromatic carbocycles. The first-order valence-corrected chi connectivity index (χ1v) is 7.81. The number of nitrogens with one attached hydrogen (secondary N) is 2. The molecule has 0 spiro atoms. The maximum atomic E-state index is 11.7. The van der Waals surface area contributed by atoms with Crippen molar-refractivity contribution in [2.75, 3.05) is 11.9 Å². The molecule has 3 aromatic rings. The number of aromatic nitrogens is 1. The number of carbonyl (C=O) groups is 2. The number of benzene rings is 2. The molecule has 0 atom stereocenters. The molecule has 0 saturated heterocycles. The molecule has 0 aliphatic rings. The molecule has 0 bridgehead atoms. The Balaban J connectivity index is 1.37. The van der Waals surface area contributed by atoms with Crippen LogP contribution in [0.1, 0.15) is 12.3 Å². The van der Waals surface area contributed by atoms with Gasteiger partial charge in [-0.3, -0.25) is 4.79 Å². The molecule has 2 amide bonds. The van der Waals surface area contributed by atoms with Crippen molar-refractivity contribution in [1.82, 2.24) is 10.3 Å². The third kappa shape index (κ3) is 4.81. The Labute approximate surface area is 144 Å². The Morgan fingerprint density at radius 1 is 1.04 bits per heavy atom. The van der Waals surface area contributed by atoms with Gasteiger partial charge in [0.1, 0.15) is 5.52 Å². The van der Waals surface area contributed by atoms with Crippen LogP contribution in [0.2, 0.25) is 0 Å². The third-order valence-electron chi connectivity index (χ3n) is 3.34. The Bertz CT molecular complexity index is 828. The van der Waals surface area contributed by atoms with Crippen LogP contribution in [0.5, 0.6) is 0 Å². The van der Waals surface area contributed by atoms with Gasteiger partial charge >= 0.3 is 12.0 Å². The number of oxazole rings is 1. The fourth-order valence-corrected chi connectivity index (χ4v) is 2.17. The van der Waals surface area contributed by atoms with Crippen LogP contribution in [0.15, 0.2) is 59.0 Å². The van der Waals surface area contributed by atoms with Crippen molar-refractivity contribution in [3.63, 3.8) is 0 Å². The smallest absolute Gasteiger partial charge is 0.319 e. The Morgan fingerprint density at radius 2 is 1.80 bits per heavy atom. The molecule has 7 heteroatoms. The summed E-state index contributed by atoms with van der Waals surface area (Å²) in [5, 5.41) is 5.25. The Kier molecular flexibility index (Phi) is 5.26. The number of esters is 1. The minimum Gasteiger partial charge on any atom is -0.456 e. The van der Waals surface area contributed by atoms with Crippen LogP contribution in [-0.2, 0) is 16.1 Å². The number of ether oxygens (including phenoxy) is 1. The second-order valence-electron chi connectivity index (χ2n) is 5.23. The number of hydrogen-bond acceptors (Lipinski definition) is 5. The largest absolute Gasteiger partial charge is 0.456 e. The molecule has 0 radical (unpaired) electrons. The zero-order valence-electron chi connectivity index (χ0n) is 13.4. The van der Waals surface area contributed by atoms with Gasteiger partial charge in [-0.2, -0.15) is 0 Å². The Morgan fingerprint density at radius 3 is 2.60 bits per heavy atom. The number of fused-ring (bicyclic) bond motifs is 1. The van der Waals surface area contributed by atoms with Gasteiger partial charge in [0.2, 0.25) is 5.89 Å². The lowest BCUT2D eigenvalue weighted by Gasteiger charge is -2.07. The van der Waals surface area contributed by atoms with Gasteiger partial charge in [0.05, 0.1) is 6.42 Å². The molecular weight excluding hydrogens is 322 g/mol. The van der Waals surface area contributed by atoms with E-state index in [-0.39, 0.29) is 25.6 Å². The highest BCUT2D eigenvalue weighted by molar-refractivity contribution is 5.89. The summed E-state index contributed by atoms with van der Waals surface area (Å²) in [4.78, 5) is 27.6. The highest BCUT2D eigenvalue weighted by Crippen LogP contribution is 2.15. The van der Waals surface area contributed by atoms with Crippen molar-refractivity contribution in [2.24, 2.45) is 0 Å². The Hall–Kier alpha value is -3.35. The van der Waals surface area contributed by atoms with Gasteiger partial charge in [0.15, 0.2) is 12.2 Å². The van der Waals surface area contributed by atoms with E-state index < -0.39 is 5.97 Å². The summed E-state index contributed by atoms with van der Waals surface area (Å²) in [6.45, 7) is 0.134. The van der Waals surface area contributed by atoms with Crippen LogP contribution in [-0.4, -0.2) is 23.5 Å². The number of carbonyl (C=O) groups excluding carboxylic acids is 2. The van der Waals surface area contributed by atoms with Crippen molar-refractivity contribution in [3.8, 4) is 0 Å². The van der Waals surface area contributed by atoms with Crippen molar-refractivity contribution < 1.29 is 18.7 Å². The van der Waals surface area contributed by atoms with E-state index in [1.807, 2.05) is 36.4 Å². The highest BCUT2D eigenvalue weighted by Gasteiger charge is 2.09. The number of amides is 2. The second kappa shape index (κ2) is 7.96. The third-order valence-corrected chi connectivity index (χ3v) is 3.34. The van der Waals surface area contributed by atoms with E-state index in [4.69, 9.17) is 9.15 Å². The molecule has 7 nitrogen and oxygen atoms in total. The monoisotopic (exact) mass is 339 g/mol. The zero-order chi connectivity index (χ0) is 17.5. The zero-order valence-corrected chi connectivity index (χ0v) is 13.4. The fourth-order valence-electron chi connectivity index (χ4n) is 2.17. The minimum atomic E-state index is -0.442. The molecule has 2 N–H and O–H groups in total. The van der Waals surface area contributed by atoms with Crippen LogP contribution in [0.4, 0.5) is 10.5 Å². The lowest BCUT2D eigenvalue weighted by Crippen LogP contribution is -2.30. The summed E-state index contributed by atoms with van der Waals surface area (Å²) in [6, 6.07) is 16.0. The topological polar surface area (TPSA) is 93.5 Å². The van der Waals surface area contributed by atoms with E-state index in [2.05, 4.69) is 15.6 Å². The van der Waals surface area contributed by atoms with Gasteiger partial charge in [-0.05, 0) is 24.3 Å². The molecule has 1 heterocycles. The van der Waals surface area contributed by atoms with Crippen molar-refractivity contribution >= 4 is 28.8 Å². The first-order chi connectivity index (χ1) is 12.2. The fraction of sp³-hybridized carbons (Fsp3) is 0.167. The average Bonchev–Trinajstić information content (AvgIpc) is 3.04. The summed E-state index contributed by atoms with van der Waals surface area (Å²) in [5.41, 5.74) is 2.04. The van der Waals surface area contributed by atoms with E-state index in [9.17, 15) is 9.59 Å². The van der Waals surface area contributed by atoms with Gasteiger partial charge in [-0.15, -0.1) is 0 Å². The van der Waals surface area contributed by atoms with Gasteiger partial charge < -0.3 is 19.8 Å². The van der Waals surface area contributed by atoms with E-state index in [0.29, 0.717) is 22.7 Å². The maximum Gasteiger partial charge on any atom is 0.319 e. The maximum absolute atomic E-state index is 11.7. The van der Waals surface area contributed by atoms with Crippen LogP contribution < -0.4 is 10.6 Å². The molecule has 0 aliphatic carbocycles. The standard InChI is InChI=1S/C18H17N3O4/c22-17(10-11-19-18(23)20-13-6-2-1-3-7-13)24-12-16-21-14-8-4-5-9-15(14)25-16/h1-9H,10-12H2,(H2,19,20,23). The van der Waals surface area contributed by atoms with Gasteiger partial charge in [0.25, 0.3) is 0 Å². The van der Waals surface area contributed by atoms with E-state index >= 15 is 0 Å². The van der Waals surface area contributed by atoms with E-state index in [1.54, 1.807) is 18.2 Å². The molecule has 0 fully saturated rings. The van der Waals surface area contributed by atoms with Crippen molar-refractivity contribution in [3.05, 3.63) is 60.5 Å². The summed E-state index contributed by atoms with van der Waals surface area (Å²) in [6.07, 6.45) is 0.0580. The number of hydrogen-bond donors (Lipinski definition) is 2. The number of anilines is 1. The highest BCUT2D eigenvalue weighted by atomic mass is 16.5. The van der Waals surface area contributed by atoms with Crippen molar-refractivity contribution in [1.29, 1.82) is 0 Å². The van der Waals surface area contributed by atoms with E-state index in [0.717, 1.165) is 0 Å². The number of nitrogens with zero attached hydrogens (tertiary/aromatic N) is 1. The number of urea groups is 1. The molecule has 0 aliphatic heterocycles. The molecule has 0 saturated carbocycles. The molecule has 128 valence electrons. The van der Waals surface area contributed by atoms with Gasteiger partial charge in [0, 0.05) is 12.2 Å². The summed E-state index contributed by atoms with van der Waals surface area (Å²) < 4.78 is 10.6. The molecule has 0 unspecified atom stereocenters. The van der Waals surface area contributed by atoms with E-state index in [1.165, 1.54) is 0 Å². The molecule has 1 aromatic heterocycles. The normalized spacial score (nSPS) is 10.4.